The number of pyridine rings is 1. The zero-order valence-corrected chi connectivity index (χ0v) is 14.6. The maximum absolute atomic E-state index is 14.3. The van der Waals surface area contributed by atoms with Crippen LogP contribution in [0.4, 0.5) is 14.5 Å². The first-order chi connectivity index (χ1) is 12.6. The zero-order valence-electron chi connectivity index (χ0n) is 13.8. The molecule has 0 atom stereocenters. The molecule has 0 radical (unpaired) electrons. The third-order valence-electron chi connectivity index (χ3n) is 4.30. The highest BCUT2D eigenvalue weighted by molar-refractivity contribution is 7.13. The normalized spacial score (nSPS) is 13.5. The molecule has 0 saturated carbocycles. The van der Waals surface area contributed by atoms with E-state index in [0.717, 1.165) is 16.6 Å². The lowest BCUT2D eigenvalue weighted by molar-refractivity contribution is -0.118. The van der Waals surface area contributed by atoms with E-state index >= 15 is 0 Å². The van der Waals surface area contributed by atoms with Gasteiger partial charge in [-0.25, -0.2) is 13.8 Å². The number of benzene rings is 1. The van der Waals surface area contributed by atoms with E-state index in [9.17, 15) is 13.6 Å². The SMILES string of the molecule is O=C(Cc1csc(-c2cccnc2)n1)N1CCCc2cc(F)cc(F)c21. The Morgan fingerprint density at radius 1 is 1.31 bits per heavy atom. The second-order valence-corrected chi connectivity index (χ2v) is 6.96. The van der Waals surface area contributed by atoms with Crippen molar-refractivity contribution in [3.63, 3.8) is 0 Å². The number of thiazole rings is 1. The van der Waals surface area contributed by atoms with Crippen LogP contribution in [0.2, 0.25) is 0 Å². The third kappa shape index (κ3) is 3.22. The van der Waals surface area contributed by atoms with Crippen molar-refractivity contribution < 1.29 is 13.6 Å². The Hall–Kier alpha value is -2.67. The Labute approximate surface area is 153 Å². The average molecular weight is 371 g/mol. The maximum Gasteiger partial charge on any atom is 0.233 e. The largest absolute Gasteiger partial charge is 0.309 e. The van der Waals surface area contributed by atoms with Crippen LogP contribution in [0.5, 0.6) is 0 Å². The number of nitrogens with zero attached hydrogens (tertiary/aromatic N) is 3. The summed E-state index contributed by atoms with van der Waals surface area (Å²) >= 11 is 1.44. The number of halogens is 2. The average Bonchev–Trinajstić information content (AvgIpc) is 3.10. The van der Waals surface area contributed by atoms with Crippen LogP contribution in [0.3, 0.4) is 0 Å². The van der Waals surface area contributed by atoms with Gasteiger partial charge in [-0.15, -0.1) is 11.3 Å². The van der Waals surface area contributed by atoms with Crippen molar-refractivity contribution in [2.75, 3.05) is 11.4 Å². The van der Waals surface area contributed by atoms with Gasteiger partial charge in [0.1, 0.15) is 16.6 Å². The molecule has 2 aromatic heterocycles. The number of carbonyl (C=O) groups excluding carboxylic acids is 1. The molecule has 1 aromatic carbocycles. The molecule has 0 spiro atoms. The van der Waals surface area contributed by atoms with Gasteiger partial charge in [0.15, 0.2) is 0 Å². The smallest absolute Gasteiger partial charge is 0.233 e. The number of rotatable bonds is 3. The second-order valence-electron chi connectivity index (χ2n) is 6.11. The summed E-state index contributed by atoms with van der Waals surface area (Å²) in [7, 11) is 0. The van der Waals surface area contributed by atoms with Crippen molar-refractivity contribution in [3.05, 3.63) is 64.9 Å². The van der Waals surface area contributed by atoms with Crippen molar-refractivity contribution in [1.82, 2.24) is 9.97 Å². The molecule has 26 heavy (non-hydrogen) atoms. The lowest BCUT2D eigenvalue weighted by Gasteiger charge is -2.29. The summed E-state index contributed by atoms with van der Waals surface area (Å²) in [4.78, 5) is 22.7. The van der Waals surface area contributed by atoms with E-state index < -0.39 is 11.6 Å². The highest BCUT2D eigenvalue weighted by atomic mass is 32.1. The Morgan fingerprint density at radius 2 is 2.19 bits per heavy atom. The molecular formula is C19H15F2N3OS. The topological polar surface area (TPSA) is 46.1 Å². The number of fused-ring (bicyclic) bond motifs is 1. The molecule has 4 rings (SSSR count). The Kier molecular flexibility index (Phi) is 4.46. The van der Waals surface area contributed by atoms with Gasteiger partial charge in [0, 0.05) is 35.9 Å². The van der Waals surface area contributed by atoms with Crippen LogP contribution in [-0.4, -0.2) is 22.4 Å². The first-order valence-electron chi connectivity index (χ1n) is 8.25. The van der Waals surface area contributed by atoms with Crippen molar-refractivity contribution in [3.8, 4) is 10.6 Å². The first-order valence-corrected chi connectivity index (χ1v) is 9.13. The molecule has 0 saturated heterocycles. The molecule has 0 N–H and O–H groups in total. The van der Waals surface area contributed by atoms with Crippen LogP contribution in [0.1, 0.15) is 17.7 Å². The fourth-order valence-electron chi connectivity index (χ4n) is 3.16. The minimum atomic E-state index is -0.692. The molecule has 0 aliphatic carbocycles. The molecular weight excluding hydrogens is 356 g/mol. The molecule has 132 valence electrons. The number of hydrogen-bond donors (Lipinski definition) is 0. The van der Waals surface area contributed by atoms with Crippen molar-refractivity contribution in [1.29, 1.82) is 0 Å². The fraction of sp³-hybridized carbons (Fsp3) is 0.211. The van der Waals surface area contributed by atoms with Gasteiger partial charge in [0.2, 0.25) is 5.91 Å². The summed E-state index contributed by atoms with van der Waals surface area (Å²) in [5.74, 6) is -1.54. The van der Waals surface area contributed by atoms with E-state index in [1.165, 1.54) is 22.3 Å². The van der Waals surface area contributed by atoms with Crippen LogP contribution in [0.15, 0.2) is 42.0 Å². The Bertz CT molecular complexity index is 959. The van der Waals surface area contributed by atoms with E-state index in [1.807, 2.05) is 17.5 Å². The van der Waals surface area contributed by atoms with Crippen LogP contribution in [-0.2, 0) is 17.6 Å². The number of hydrogen-bond acceptors (Lipinski definition) is 4. The molecule has 3 aromatic rings. The number of amides is 1. The molecule has 0 unspecified atom stereocenters. The number of anilines is 1. The fourth-order valence-corrected chi connectivity index (χ4v) is 3.97. The van der Waals surface area contributed by atoms with Gasteiger partial charge < -0.3 is 4.90 Å². The molecule has 1 aliphatic rings. The quantitative estimate of drug-likeness (QED) is 0.699. The lowest BCUT2D eigenvalue weighted by Crippen LogP contribution is -2.37. The van der Waals surface area contributed by atoms with Gasteiger partial charge in [0.25, 0.3) is 0 Å². The third-order valence-corrected chi connectivity index (χ3v) is 5.24. The summed E-state index contributed by atoms with van der Waals surface area (Å²) in [5, 5.41) is 2.61. The maximum atomic E-state index is 14.3. The lowest BCUT2D eigenvalue weighted by atomic mass is 10.0. The standard InChI is InChI=1S/C19H15F2N3OS/c20-14-7-12-4-2-6-24(18(12)16(21)8-14)17(25)9-15-11-26-19(23-15)13-3-1-5-22-10-13/h1,3,5,7-8,10-11H,2,4,6,9H2. The highest BCUT2D eigenvalue weighted by Crippen LogP contribution is 2.32. The van der Waals surface area contributed by atoms with Gasteiger partial charge >= 0.3 is 0 Å². The number of aryl methyl sites for hydroxylation is 1. The summed E-state index contributed by atoms with van der Waals surface area (Å²) in [6.45, 7) is 0.425. The van der Waals surface area contributed by atoms with Crippen LogP contribution in [0.25, 0.3) is 10.6 Å². The molecule has 4 nitrogen and oxygen atoms in total. The predicted molar refractivity (Wildman–Crippen MR) is 96.1 cm³/mol. The van der Waals surface area contributed by atoms with Crippen LogP contribution >= 0.6 is 11.3 Å². The second kappa shape index (κ2) is 6.92. The summed E-state index contributed by atoms with van der Waals surface area (Å²) in [6, 6.07) is 5.87. The number of carbonyl (C=O) groups is 1. The van der Waals surface area contributed by atoms with Crippen LogP contribution in [0, 0.1) is 11.6 Å². The minimum absolute atomic E-state index is 0.0764. The van der Waals surface area contributed by atoms with Gasteiger partial charge in [-0.2, -0.15) is 0 Å². The van der Waals surface area contributed by atoms with Crippen LogP contribution < -0.4 is 4.90 Å². The number of aromatic nitrogens is 2. The monoisotopic (exact) mass is 371 g/mol. The van der Waals surface area contributed by atoms with Crippen molar-refractivity contribution >= 4 is 22.9 Å². The van der Waals surface area contributed by atoms with Gasteiger partial charge in [-0.05, 0) is 36.6 Å². The molecule has 3 heterocycles. The summed E-state index contributed by atoms with van der Waals surface area (Å²) in [6.07, 6.45) is 4.73. The molecule has 0 fully saturated rings. The summed E-state index contributed by atoms with van der Waals surface area (Å²) in [5.41, 5.74) is 2.26. The van der Waals surface area contributed by atoms with E-state index in [0.29, 0.717) is 30.6 Å². The highest BCUT2D eigenvalue weighted by Gasteiger charge is 2.27. The van der Waals surface area contributed by atoms with Crippen molar-refractivity contribution in [2.45, 2.75) is 19.3 Å². The summed E-state index contributed by atoms with van der Waals surface area (Å²) < 4.78 is 27.7. The van der Waals surface area contributed by atoms with Gasteiger partial charge in [0.05, 0.1) is 17.8 Å². The first kappa shape index (κ1) is 16.8. The molecule has 0 bridgehead atoms. The van der Waals surface area contributed by atoms with E-state index in [2.05, 4.69) is 9.97 Å². The minimum Gasteiger partial charge on any atom is -0.309 e. The van der Waals surface area contributed by atoms with E-state index in [4.69, 9.17) is 0 Å². The van der Waals surface area contributed by atoms with E-state index in [-0.39, 0.29) is 18.0 Å². The molecule has 1 amide bonds. The Balaban J connectivity index is 1.56. The zero-order chi connectivity index (χ0) is 18.1. The van der Waals surface area contributed by atoms with Gasteiger partial charge in [-0.3, -0.25) is 9.78 Å². The van der Waals surface area contributed by atoms with Gasteiger partial charge in [-0.1, -0.05) is 0 Å². The predicted octanol–water partition coefficient (Wildman–Crippen LogP) is 4.01. The molecule has 7 heteroatoms. The Morgan fingerprint density at radius 3 is 3.00 bits per heavy atom. The van der Waals surface area contributed by atoms with E-state index in [1.54, 1.807) is 12.4 Å². The van der Waals surface area contributed by atoms with Crippen molar-refractivity contribution in [2.24, 2.45) is 0 Å². The molecule has 1 aliphatic heterocycles.